The monoisotopic (exact) mass is 287 g/mol. The van der Waals surface area contributed by atoms with E-state index in [1.165, 1.54) is 0 Å². The highest BCUT2D eigenvalue weighted by Crippen LogP contribution is 2.28. The van der Waals surface area contributed by atoms with Crippen LogP contribution in [0.3, 0.4) is 0 Å². The van der Waals surface area contributed by atoms with Crippen LogP contribution in [0.5, 0.6) is 0 Å². The summed E-state index contributed by atoms with van der Waals surface area (Å²) in [6.07, 6.45) is 1.30. The Morgan fingerprint density at radius 1 is 1.40 bits per heavy atom. The lowest BCUT2D eigenvalue weighted by atomic mass is 9.93. The number of ketones is 1. The van der Waals surface area contributed by atoms with E-state index in [0.717, 1.165) is 22.1 Å². The summed E-state index contributed by atoms with van der Waals surface area (Å²) in [5.74, 6) is 0.373. The van der Waals surface area contributed by atoms with E-state index in [0.29, 0.717) is 25.3 Å². The standard InChI is InChI=1S/C16H17NO2S/c1-2-11-9-17(8-7-14(11)18)16(19)13-10-20-15-6-4-3-5-12(13)15/h3-6,10-11H,2,7-9H2,1H3. The molecule has 0 N–H and O–H groups in total. The number of fused-ring (bicyclic) bond motifs is 1. The predicted octanol–water partition coefficient (Wildman–Crippen LogP) is 3.34. The highest BCUT2D eigenvalue weighted by Gasteiger charge is 2.29. The molecular formula is C16H17NO2S. The molecule has 1 aromatic carbocycles. The van der Waals surface area contributed by atoms with Gasteiger partial charge in [0.15, 0.2) is 0 Å². The van der Waals surface area contributed by atoms with Gasteiger partial charge in [-0.15, -0.1) is 11.3 Å². The van der Waals surface area contributed by atoms with Crippen LogP contribution in [0.25, 0.3) is 10.1 Å². The quantitative estimate of drug-likeness (QED) is 0.849. The largest absolute Gasteiger partial charge is 0.337 e. The molecule has 1 saturated heterocycles. The SMILES string of the molecule is CCC1CN(C(=O)c2csc3ccccc23)CCC1=O. The molecule has 1 aromatic heterocycles. The summed E-state index contributed by atoms with van der Waals surface area (Å²) in [6.45, 7) is 3.13. The van der Waals surface area contributed by atoms with Crippen LogP contribution in [-0.4, -0.2) is 29.7 Å². The fourth-order valence-corrected chi connectivity index (χ4v) is 3.70. The van der Waals surface area contributed by atoms with E-state index in [9.17, 15) is 9.59 Å². The summed E-state index contributed by atoms with van der Waals surface area (Å²) in [4.78, 5) is 26.3. The Kier molecular flexibility index (Phi) is 3.57. The summed E-state index contributed by atoms with van der Waals surface area (Å²) in [6, 6.07) is 7.97. The zero-order valence-corrected chi connectivity index (χ0v) is 12.3. The number of likely N-dealkylation sites (tertiary alicyclic amines) is 1. The van der Waals surface area contributed by atoms with Gasteiger partial charge in [0.05, 0.1) is 5.56 Å². The van der Waals surface area contributed by atoms with Crippen molar-refractivity contribution in [2.45, 2.75) is 19.8 Å². The van der Waals surface area contributed by atoms with Crippen LogP contribution in [0, 0.1) is 5.92 Å². The van der Waals surface area contributed by atoms with Gasteiger partial charge in [0.2, 0.25) is 0 Å². The Morgan fingerprint density at radius 3 is 3.00 bits per heavy atom. The summed E-state index contributed by atoms with van der Waals surface area (Å²) in [5, 5.41) is 2.96. The maximum Gasteiger partial charge on any atom is 0.255 e. The number of thiophene rings is 1. The highest BCUT2D eigenvalue weighted by molar-refractivity contribution is 7.17. The van der Waals surface area contributed by atoms with Gasteiger partial charge in [0.25, 0.3) is 5.91 Å². The minimum absolute atomic E-state index is 0.0117. The van der Waals surface area contributed by atoms with E-state index in [1.807, 2.05) is 41.5 Å². The van der Waals surface area contributed by atoms with Gasteiger partial charge in [-0.3, -0.25) is 9.59 Å². The zero-order chi connectivity index (χ0) is 14.1. The van der Waals surface area contributed by atoms with Crippen molar-refractivity contribution in [2.75, 3.05) is 13.1 Å². The van der Waals surface area contributed by atoms with Gasteiger partial charge >= 0.3 is 0 Å². The molecule has 1 fully saturated rings. The third-order valence-electron chi connectivity index (χ3n) is 4.02. The molecule has 1 unspecified atom stereocenters. The Balaban J connectivity index is 1.87. The van der Waals surface area contributed by atoms with Gasteiger partial charge in [0, 0.05) is 40.9 Å². The molecule has 4 heteroatoms. The number of carbonyl (C=O) groups is 2. The first-order chi connectivity index (χ1) is 9.70. The minimum atomic E-state index is 0.0117. The van der Waals surface area contributed by atoms with Crippen LogP contribution in [0.2, 0.25) is 0 Å². The highest BCUT2D eigenvalue weighted by atomic mass is 32.1. The molecule has 0 radical (unpaired) electrons. The fraction of sp³-hybridized carbons (Fsp3) is 0.375. The van der Waals surface area contributed by atoms with Crippen molar-refractivity contribution in [3.8, 4) is 0 Å². The first kappa shape index (κ1) is 13.3. The van der Waals surface area contributed by atoms with Gasteiger partial charge in [-0.1, -0.05) is 25.1 Å². The fourth-order valence-electron chi connectivity index (χ4n) is 2.76. The van der Waals surface area contributed by atoms with Crippen molar-refractivity contribution in [3.63, 3.8) is 0 Å². The number of amides is 1. The number of rotatable bonds is 2. The van der Waals surface area contributed by atoms with Crippen molar-refractivity contribution >= 4 is 33.1 Å². The zero-order valence-electron chi connectivity index (χ0n) is 11.5. The van der Waals surface area contributed by atoms with Gasteiger partial charge in [-0.2, -0.15) is 0 Å². The second kappa shape index (κ2) is 5.37. The second-order valence-electron chi connectivity index (χ2n) is 5.22. The van der Waals surface area contributed by atoms with Gasteiger partial charge in [-0.05, 0) is 12.5 Å². The van der Waals surface area contributed by atoms with E-state index in [1.54, 1.807) is 11.3 Å². The summed E-state index contributed by atoms with van der Waals surface area (Å²) < 4.78 is 1.14. The lowest BCUT2D eigenvalue weighted by Crippen LogP contribution is -2.43. The number of piperidine rings is 1. The van der Waals surface area contributed by atoms with Crippen LogP contribution in [0.15, 0.2) is 29.6 Å². The molecule has 3 rings (SSSR count). The third-order valence-corrected chi connectivity index (χ3v) is 4.98. The molecule has 3 nitrogen and oxygen atoms in total. The average Bonchev–Trinajstić information content (AvgIpc) is 2.91. The number of carbonyl (C=O) groups excluding carboxylic acids is 2. The predicted molar refractivity (Wildman–Crippen MR) is 81.1 cm³/mol. The van der Waals surface area contributed by atoms with Crippen LogP contribution >= 0.6 is 11.3 Å². The molecular weight excluding hydrogens is 270 g/mol. The molecule has 104 valence electrons. The minimum Gasteiger partial charge on any atom is -0.337 e. The van der Waals surface area contributed by atoms with Crippen LogP contribution in [0.4, 0.5) is 0 Å². The normalized spacial score (nSPS) is 19.6. The lowest BCUT2D eigenvalue weighted by molar-refractivity contribution is -0.125. The van der Waals surface area contributed by atoms with Gasteiger partial charge < -0.3 is 4.90 Å². The van der Waals surface area contributed by atoms with Crippen molar-refractivity contribution < 1.29 is 9.59 Å². The van der Waals surface area contributed by atoms with E-state index in [2.05, 4.69) is 0 Å². The van der Waals surface area contributed by atoms with Crippen molar-refractivity contribution in [1.29, 1.82) is 0 Å². The smallest absolute Gasteiger partial charge is 0.255 e. The number of Topliss-reactive ketones (excluding diaryl/α,β-unsaturated/α-hetero) is 1. The summed E-state index contributed by atoms with van der Waals surface area (Å²) in [7, 11) is 0. The van der Waals surface area contributed by atoms with E-state index < -0.39 is 0 Å². The maximum absolute atomic E-state index is 12.7. The Labute approximate surface area is 122 Å². The topological polar surface area (TPSA) is 37.4 Å². The molecule has 2 aromatic rings. The molecule has 20 heavy (non-hydrogen) atoms. The van der Waals surface area contributed by atoms with Crippen LogP contribution < -0.4 is 0 Å². The summed E-state index contributed by atoms with van der Waals surface area (Å²) >= 11 is 1.60. The molecule has 2 heterocycles. The molecule has 1 aliphatic heterocycles. The average molecular weight is 287 g/mol. The van der Waals surface area contributed by atoms with Crippen LogP contribution in [-0.2, 0) is 4.79 Å². The number of benzene rings is 1. The van der Waals surface area contributed by atoms with Crippen molar-refractivity contribution in [2.24, 2.45) is 5.92 Å². The third kappa shape index (κ3) is 2.24. The van der Waals surface area contributed by atoms with Gasteiger partial charge in [-0.25, -0.2) is 0 Å². The molecule has 1 atom stereocenters. The first-order valence-electron chi connectivity index (χ1n) is 6.99. The maximum atomic E-state index is 12.7. The number of hydrogen-bond donors (Lipinski definition) is 0. The Hall–Kier alpha value is -1.68. The van der Waals surface area contributed by atoms with Crippen LogP contribution in [0.1, 0.15) is 30.1 Å². The molecule has 0 bridgehead atoms. The molecule has 1 aliphatic rings. The van der Waals surface area contributed by atoms with E-state index >= 15 is 0 Å². The Bertz CT molecular complexity index is 661. The van der Waals surface area contributed by atoms with Crippen molar-refractivity contribution in [1.82, 2.24) is 4.90 Å². The lowest BCUT2D eigenvalue weighted by Gasteiger charge is -2.31. The molecule has 0 aliphatic carbocycles. The Morgan fingerprint density at radius 2 is 2.20 bits per heavy atom. The van der Waals surface area contributed by atoms with E-state index in [-0.39, 0.29) is 11.8 Å². The molecule has 1 amide bonds. The summed E-state index contributed by atoms with van der Waals surface area (Å²) in [5.41, 5.74) is 0.773. The number of hydrogen-bond acceptors (Lipinski definition) is 3. The molecule has 0 spiro atoms. The first-order valence-corrected chi connectivity index (χ1v) is 7.87. The van der Waals surface area contributed by atoms with Gasteiger partial charge in [0.1, 0.15) is 5.78 Å². The number of nitrogens with zero attached hydrogens (tertiary/aromatic N) is 1. The van der Waals surface area contributed by atoms with Crippen molar-refractivity contribution in [3.05, 3.63) is 35.2 Å². The van der Waals surface area contributed by atoms with E-state index in [4.69, 9.17) is 0 Å². The second-order valence-corrected chi connectivity index (χ2v) is 6.13. The molecule has 0 saturated carbocycles.